The molecule has 0 spiro atoms. The molecule has 94 valence electrons. The number of hydrogen-bond donors (Lipinski definition) is 0. The minimum absolute atomic E-state index is 0.0938. The topological polar surface area (TPSA) is 20.3 Å². The lowest BCUT2D eigenvalue weighted by atomic mass is 10.1. The van der Waals surface area contributed by atoms with Crippen LogP contribution in [-0.4, -0.2) is 23.9 Å². The summed E-state index contributed by atoms with van der Waals surface area (Å²) in [5, 5.41) is 0.946. The molecule has 3 rings (SSSR count). The third-order valence-corrected chi connectivity index (χ3v) is 4.42. The van der Waals surface area contributed by atoms with Crippen molar-refractivity contribution in [2.75, 3.05) is 13.1 Å². The Bertz CT molecular complexity index is 586. The van der Waals surface area contributed by atoms with E-state index in [0.717, 1.165) is 40.9 Å². The van der Waals surface area contributed by atoms with Gasteiger partial charge in [0.2, 0.25) is 0 Å². The van der Waals surface area contributed by atoms with Crippen molar-refractivity contribution in [3.63, 3.8) is 0 Å². The number of amides is 1. The lowest BCUT2D eigenvalue weighted by molar-refractivity contribution is 0.0729. The fourth-order valence-corrected chi connectivity index (χ4v) is 3.42. The molecule has 1 saturated heterocycles. The highest BCUT2D eigenvalue weighted by Gasteiger charge is 2.20. The molecule has 0 bridgehead atoms. The van der Waals surface area contributed by atoms with Crippen LogP contribution in [0.3, 0.4) is 0 Å². The second kappa shape index (κ2) is 4.69. The van der Waals surface area contributed by atoms with E-state index >= 15 is 0 Å². The largest absolute Gasteiger partial charge is 0.338 e. The summed E-state index contributed by atoms with van der Waals surface area (Å²) in [5.74, 6) is -0.155. The Kier molecular flexibility index (Phi) is 3.04. The number of nitrogens with zero attached hydrogens (tertiary/aromatic N) is 1. The van der Waals surface area contributed by atoms with Crippen molar-refractivity contribution in [3.05, 3.63) is 35.0 Å². The van der Waals surface area contributed by atoms with Crippen LogP contribution in [0.25, 0.3) is 10.1 Å². The number of fused-ring (bicyclic) bond motifs is 1. The lowest BCUT2D eigenvalue weighted by Crippen LogP contribution is -2.35. The molecule has 1 aromatic carbocycles. The Labute approximate surface area is 109 Å². The van der Waals surface area contributed by atoms with Crippen LogP contribution in [0, 0.1) is 5.82 Å². The maximum atomic E-state index is 13.1. The number of piperidine rings is 1. The third kappa shape index (κ3) is 2.12. The van der Waals surface area contributed by atoms with E-state index in [1.165, 1.54) is 29.9 Å². The van der Waals surface area contributed by atoms with Crippen LogP contribution < -0.4 is 0 Å². The molecule has 4 heteroatoms. The van der Waals surface area contributed by atoms with E-state index in [-0.39, 0.29) is 11.7 Å². The standard InChI is InChI=1S/C14H14FNOS/c15-11-5-4-10-8-13(18-12(10)9-11)14(17)16-6-2-1-3-7-16/h4-5,8-9H,1-3,6-7H2. The van der Waals surface area contributed by atoms with E-state index in [1.54, 1.807) is 6.07 Å². The summed E-state index contributed by atoms with van der Waals surface area (Å²) < 4.78 is 14.0. The van der Waals surface area contributed by atoms with Crippen molar-refractivity contribution in [1.29, 1.82) is 0 Å². The van der Waals surface area contributed by atoms with Gasteiger partial charge in [0, 0.05) is 17.8 Å². The monoisotopic (exact) mass is 263 g/mol. The van der Waals surface area contributed by atoms with Gasteiger partial charge < -0.3 is 4.90 Å². The number of halogens is 1. The minimum atomic E-state index is -0.249. The first-order valence-electron chi connectivity index (χ1n) is 6.22. The molecule has 0 atom stereocenters. The first-order chi connectivity index (χ1) is 8.74. The van der Waals surface area contributed by atoms with Gasteiger partial charge in [-0.2, -0.15) is 0 Å². The third-order valence-electron chi connectivity index (χ3n) is 3.34. The number of carbonyl (C=O) groups is 1. The highest BCUT2D eigenvalue weighted by atomic mass is 32.1. The molecule has 2 nitrogen and oxygen atoms in total. The van der Waals surface area contributed by atoms with Crippen LogP contribution in [0.4, 0.5) is 4.39 Å². The first kappa shape index (κ1) is 11.7. The van der Waals surface area contributed by atoms with Gasteiger partial charge in [-0.25, -0.2) is 4.39 Å². The summed E-state index contributed by atoms with van der Waals surface area (Å²) in [6.45, 7) is 1.70. The quantitative estimate of drug-likeness (QED) is 0.768. The Morgan fingerprint density at radius 1 is 1.17 bits per heavy atom. The smallest absolute Gasteiger partial charge is 0.263 e. The summed E-state index contributed by atoms with van der Waals surface area (Å²) >= 11 is 1.38. The summed E-state index contributed by atoms with van der Waals surface area (Å²) in [6.07, 6.45) is 3.39. The molecule has 18 heavy (non-hydrogen) atoms. The van der Waals surface area contributed by atoms with Crippen LogP contribution in [0.1, 0.15) is 28.9 Å². The number of likely N-dealkylation sites (tertiary alicyclic amines) is 1. The second-order valence-electron chi connectivity index (χ2n) is 4.65. The Hall–Kier alpha value is -1.42. The number of hydrogen-bond acceptors (Lipinski definition) is 2. The van der Waals surface area contributed by atoms with Gasteiger partial charge in [0.25, 0.3) is 5.91 Å². The van der Waals surface area contributed by atoms with E-state index < -0.39 is 0 Å². The summed E-state index contributed by atoms with van der Waals surface area (Å²) in [5.41, 5.74) is 0. The van der Waals surface area contributed by atoms with Crippen molar-refractivity contribution >= 4 is 27.3 Å². The zero-order valence-corrected chi connectivity index (χ0v) is 10.8. The summed E-state index contributed by atoms with van der Waals surface area (Å²) in [7, 11) is 0. The zero-order chi connectivity index (χ0) is 12.5. The van der Waals surface area contributed by atoms with Crippen molar-refractivity contribution in [2.24, 2.45) is 0 Å². The molecular formula is C14H14FNOS. The summed E-state index contributed by atoms with van der Waals surface area (Å²) in [6, 6.07) is 6.53. The molecule has 1 aliphatic heterocycles. The normalized spacial score (nSPS) is 16.2. The molecule has 2 aromatic rings. The van der Waals surface area contributed by atoms with Crippen molar-refractivity contribution in [3.8, 4) is 0 Å². The minimum Gasteiger partial charge on any atom is -0.338 e. The second-order valence-corrected chi connectivity index (χ2v) is 5.73. The molecule has 0 saturated carbocycles. The Morgan fingerprint density at radius 2 is 1.94 bits per heavy atom. The predicted octanol–water partition coefficient (Wildman–Crippen LogP) is 3.67. The van der Waals surface area contributed by atoms with E-state index in [9.17, 15) is 9.18 Å². The van der Waals surface area contributed by atoms with Gasteiger partial charge in [0.05, 0.1) is 4.88 Å². The summed E-state index contributed by atoms with van der Waals surface area (Å²) in [4.78, 5) is 14.9. The fourth-order valence-electron chi connectivity index (χ4n) is 2.36. The van der Waals surface area contributed by atoms with Gasteiger partial charge >= 0.3 is 0 Å². The van der Waals surface area contributed by atoms with Crippen LogP contribution >= 0.6 is 11.3 Å². The molecule has 2 heterocycles. The van der Waals surface area contributed by atoms with Gasteiger partial charge in [-0.1, -0.05) is 6.07 Å². The molecule has 0 unspecified atom stereocenters. The molecule has 0 N–H and O–H groups in total. The average molecular weight is 263 g/mol. The number of thiophene rings is 1. The van der Waals surface area contributed by atoms with E-state index in [1.807, 2.05) is 11.0 Å². The van der Waals surface area contributed by atoms with Crippen molar-refractivity contribution in [1.82, 2.24) is 4.90 Å². The van der Waals surface area contributed by atoms with E-state index in [2.05, 4.69) is 0 Å². The number of carbonyl (C=O) groups excluding carboxylic acids is 1. The Balaban J connectivity index is 1.91. The van der Waals surface area contributed by atoms with Gasteiger partial charge in [-0.15, -0.1) is 11.3 Å². The molecular weight excluding hydrogens is 249 g/mol. The van der Waals surface area contributed by atoms with E-state index in [4.69, 9.17) is 0 Å². The lowest BCUT2D eigenvalue weighted by Gasteiger charge is -2.26. The molecule has 1 aliphatic rings. The van der Waals surface area contributed by atoms with Gasteiger partial charge in [-0.3, -0.25) is 4.79 Å². The number of benzene rings is 1. The molecule has 0 radical (unpaired) electrons. The maximum absolute atomic E-state index is 13.1. The van der Waals surface area contributed by atoms with Crippen LogP contribution in [0.2, 0.25) is 0 Å². The fraction of sp³-hybridized carbons (Fsp3) is 0.357. The first-order valence-corrected chi connectivity index (χ1v) is 7.04. The zero-order valence-electron chi connectivity index (χ0n) is 9.99. The highest BCUT2D eigenvalue weighted by Crippen LogP contribution is 2.28. The van der Waals surface area contributed by atoms with Crippen molar-refractivity contribution < 1.29 is 9.18 Å². The van der Waals surface area contributed by atoms with E-state index in [0.29, 0.717) is 0 Å². The van der Waals surface area contributed by atoms with Crippen LogP contribution in [0.15, 0.2) is 24.3 Å². The molecule has 1 aromatic heterocycles. The Morgan fingerprint density at radius 3 is 2.72 bits per heavy atom. The van der Waals surface area contributed by atoms with Gasteiger partial charge in [0.15, 0.2) is 0 Å². The number of rotatable bonds is 1. The van der Waals surface area contributed by atoms with Crippen molar-refractivity contribution in [2.45, 2.75) is 19.3 Å². The van der Waals surface area contributed by atoms with Crippen LogP contribution in [-0.2, 0) is 0 Å². The van der Waals surface area contributed by atoms with Gasteiger partial charge in [-0.05, 0) is 42.8 Å². The van der Waals surface area contributed by atoms with Crippen LogP contribution in [0.5, 0.6) is 0 Å². The predicted molar refractivity (Wildman–Crippen MR) is 71.5 cm³/mol. The SMILES string of the molecule is O=C(c1cc2ccc(F)cc2s1)N1CCCCC1. The molecule has 1 fully saturated rings. The van der Waals surface area contributed by atoms with Gasteiger partial charge in [0.1, 0.15) is 5.82 Å². The average Bonchev–Trinajstić information content (AvgIpc) is 2.81. The molecule has 1 amide bonds. The molecule has 0 aliphatic carbocycles. The highest BCUT2D eigenvalue weighted by molar-refractivity contribution is 7.20. The maximum Gasteiger partial charge on any atom is 0.263 e.